The molecular formula is C6H12N4. The Balaban J connectivity index is 3.10. The molecule has 1 aromatic rings. The van der Waals surface area contributed by atoms with Crippen LogP contribution in [0, 0.1) is 6.92 Å². The van der Waals surface area contributed by atoms with E-state index in [9.17, 15) is 0 Å². The van der Waals surface area contributed by atoms with E-state index in [2.05, 4.69) is 10.2 Å². The third-order valence-corrected chi connectivity index (χ3v) is 1.48. The molecule has 0 aromatic carbocycles. The van der Waals surface area contributed by atoms with Crippen LogP contribution in [0.4, 0.5) is 5.82 Å². The fraction of sp³-hybridized carbons (Fsp3) is 0.500. The molecule has 0 bridgehead atoms. The van der Waals surface area contributed by atoms with Crippen molar-refractivity contribution < 1.29 is 0 Å². The van der Waals surface area contributed by atoms with Crippen LogP contribution in [0.5, 0.6) is 0 Å². The van der Waals surface area contributed by atoms with Crippen molar-refractivity contribution in [3.63, 3.8) is 0 Å². The van der Waals surface area contributed by atoms with E-state index < -0.39 is 0 Å². The van der Waals surface area contributed by atoms with Crippen LogP contribution < -0.4 is 11.5 Å². The van der Waals surface area contributed by atoms with Gasteiger partial charge in [-0.25, -0.2) is 0 Å². The Labute approximate surface area is 59.6 Å². The van der Waals surface area contributed by atoms with Gasteiger partial charge in [0.25, 0.3) is 0 Å². The number of hydrogen-bond donors (Lipinski definition) is 3. The minimum absolute atomic E-state index is 0.0428. The Hall–Kier alpha value is -1.03. The second-order valence-corrected chi connectivity index (χ2v) is 2.44. The minimum atomic E-state index is -0.0428. The zero-order valence-electron chi connectivity index (χ0n) is 6.18. The monoisotopic (exact) mass is 140 g/mol. The van der Waals surface area contributed by atoms with Crippen LogP contribution >= 0.6 is 0 Å². The molecule has 0 fully saturated rings. The molecule has 0 aliphatic rings. The predicted molar refractivity (Wildman–Crippen MR) is 40.3 cm³/mol. The molecule has 56 valence electrons. The molecule has 10 heavy (non-hydrogen) atoms. The van der Waals surface area contributed by atoms with Crippen molar-refractivity contribution in [1.29, 1.82) is 0 Å². The zero-order valence-corrected chi connectivity index (χ0v) is 6.18. The Morgan fingerprint density at radius 3 is 2.40 bits per heavy atom. The van der Waals surface area contributed by atoms with Gasteiger partial charge in [-0.1, -0.05) is 0 Å². The van der Waals surface area contributed by atoms with Gasteiger partial charge in [0.15, 0.2) is 0 Å². The summed E-state index contributed by atoms with van der Waals surface area (Å²) >= 11 is 0. The summed E-state index contributed by atoms with van der Waals surface area (Å²) in [5, 5.41) is 6.57. The largest absolute Gasteiger partial charge is 0.382 e. The van der Waals surface area contributed by atoms with Crippen molar-refractivity contribution in [3.8, 4) is 0 Å². The summed E-state index contributed by atoms with van der Waals surface area (Å²) in [6, 6.07) is -0.0428. The molecule has 1 atom stereocenters. The molecule has 4 nitrogen and oxygen atoms in total. The fourth-order valence-electron chi connectivity index (χ4n) is 1.03. The third kappa shape index (κ3) is 0.974. The topological polar surface area (TPSA) is 80.7 Å². The van der Waals surface area contributed by atoms with E-state index in [0.29, 0.717) is 5.82 Å². The summed E-state index contributed by atoms with van der Waals surface area (Å²) < 4.78 is 0. The minimum Gasteiger partial charge on any atom is -0.382 e. The summed E-state index contributed by atoms with van der Waals surface area (Å²) in [6.45, 7) is 3.79. The number of hydrogen-bond acceptors (Lipinski definition) is 3. The van der Waals surface area contributed by atoms with Crippen molar-refractivity contribution in [2.24, 2.45) is 5.73 Å². The van der Waals surface area contributed by atoms with Crippen LogP contribution in [0.1, 0.15) is 24.2 Å². The molecular weight excluding hydrogens is 128 g/mol. The van der Waals surface area contributed by atoms with E-state index >= 15 is 0 Å². The highest BCUT2D eigenvalue weighted by Crippen LogP contribution is 2.18. The van der Waals surface area contributed by atoms with Crippen molar-refractivity contribution in [2.75, 3.05) is 5.73 Å². The molecule has 1 heterocycles. The number of anilines is 1. The van der Waals surface area contributed by atoms with Gasteiger partial charge in [0, 0.05) is 17.3 Å². The molecule has 1 aromatic heterocycles. The SMILES string of the molecule is Cc1[nH]nc(N)c1C(C)N. The van der Waals surface area contributed by atoms with Gasteiger partial charge in [0.1, 0.15) is 5.82 Å². The number of nitrogens with two attached hydrogens (primary N) is 2. The molecule has 0 spiro atoms. The Bertz CT molecular complexity index is 206. The number of aromatic amines is 1. The van der Waals surface area contributed by atoms with Crippen molar-refractivity contribution in [1.82, 2.24) is 10.2 Å². The van der Waals surface area contributed by atoms with Crippen LogP contribution in [-0.4, -0.2) is 10.2 Å². The van der Waals surface area contributed by atoms with Gasteiger partial charge in [0.05, 0.1) is 0 Å². The Morgan fingerprint density at radius 1 is 1.60 bits per heavy atom. The van der Waals surface area contributed by atoms with Gasteiger partial charge in [-0.15, -0.1) is 0 Å². The van der Waals surface area contributed by atoms with Gasteiger partial charge in [-0.05, 0) is 13.8 Å². The highest BCUT2D eigenvalue weighted by atomic mass is 15.2. The third-order valence-electron chi connectivity index (χ3n) is 1.48. The highest BCUT2D eigenvalue weighted by Gasteiger charge is 2.09. The van der Waals surface area contributed by atoms with Gasteiger partial charge in [-0.2, -0.15) is 5.10 Å². The molecule has 4 heteroatoms. The summed E-state index contributed by atoms with van der Waals surface area (Å²) in [6.07, 6.45) is 0. The van der Waals surface area contributed by atoms with Crippen molar-refractivity contribution in [2.45, 2.75) is 19.9 Å². The first-order chi connectivity index (χ1) is 4.63. The summed E-state index contributed by atoms with van der Waals surface area (Å²) in [5.74, 6) is 0.507. The van der Waals surface area contributed by atoms with Crippen LogP contribution in [0.3, 0.4) is 0 Å². The Morgan fingerprint density at radius 2 is 2.20 bits per heavy atom. The standard InChI is InChI=1S/C6H12N4/c1-3(7)5-4(2)9-10-6(5)8/h3H,7H2,1-2H3,(H3,8,9,10). The highest BCUT2D eigenvalue weighted by molar-refractivity contribution is 5.43. The molecule has 1 unspecified atom stereocenters. The Kier molecular flexibility index (Phi) is 1.63. The molecule has 5 N–H and O–H groups in total. The number of nitrogens with one attached hydrogen (secondary N) is 1. The van der Waals surface area contributed by atoms with Crippen LogP contribution in [0.2, 0.25) is 0 Å². The average Bonchev–Trinajstić information content (AvgIpc) is 2.11. The average molecular weight is 140 g/mol. The second-order valence-electron chi connectivity index (χ2n) is 2.44. The molecule has 1 rings (SSSR count). The molecule has 0 radical (unpaired) electrons. The first-order valence-electron chi connectivity index (χ1n) is 3.19. The quantitative estimate of drug-likeness (QED) is 0.525. The number of rotatable bonds is 1. The van der Waals surface area contributed by atoms with Gasteiger partial charge in [-0.3, -0.25) is 5.10 Å². The molecule has 0 saturated heterocycles. The van der Waals surface area contributed by atoms with Crippen molar-refractivity contribution in [3.05, 3.63) is 11.3 Å². The zero-order chi connectivity index (χ0) is 7.72. The molecule has 0 aliphatic carbocycles. The van der Waals surface area contributed by atoms with E-state index in [0.717, 1.165) is 11.3 Å². The lowest BCUT2D eigenvalue weighted by molar-refractivity contribution is 0.813. The fourth-order valence-corrected chi connectivity index (χ4v) is 1.03. The van der Waals surface area contributed by atoms with E-state index in [1.807, 2.05) is 13.8 Å². The maximum atomic E-state index is 5.62. The number of aromatic nitrogens is 2. The lowest BCUT2D eigenvalue weighted by Gasteiger charge is -2.02. The van der Waals surface area contributed by atoms with Gasteiger partial charge >= 0.3 is 0 Å². The summed E-state index contributed by atoms with van der Waals surface area (Å²) in [7, 11) is 0. The second kappa shape index (κ2) is 2.30. The van der Waals surface area contributed by atoms with Crippen molar-refractivity contribution >= 4 is 5.82 Å². The lowest BCUT2D eigenvalue weighted by Crippen LogP contribution is -2.07. The smallest absolute Gasteiger partial charge is 0.150 e. The van der Waals surface area contributed by atoms with Crippen LogP contribution in [0.25, 0.3) is 0 Å². The normalized spacial score (nSPS) is 13.5. The first-order valence-corrected chi connectivity index (χ1v) is 3.19. The lowest BCUT2D eigenvalue weighted by atomic mass is 10.1. The van der Waals surface area contributed by atoms with E-state index in [1.54, 1.807) is 0 Å². The molecule has 0 amide bonds. The van der Waals surface area contributed by atoms with Gasteiger partial charge in [0.2, 0.25) is 0 Å². The number of nitrogen functional groups attached to an aromatic ring is 1. The maximum Gasteiger partial charge on any atom is 0.150 e. The van der Waals surface area contributed by atoms with Crippen LogP contribution in [-0.2, 0) is 0 Å². The first kappa shape index (κ1) is 7.08. The van der Waals surface area contributed by atoms with Crippen LogP contribution in [0.15, 0.2) is 0 Å². The molecule has 0 aliphatic heterocycles. The summed E-state index contributed by atoms with van der Waals surface area (Å²) in [5.41, 5.74) is 13.0. The maximum absolute atomic E-state index is 5.62. The number of H-pyrrole nitrogens is 1. The van der Waals surface area contributed by atoms with E-state index in [-0.39, 0.29) is 6.04 Å². The number of aryl methyl sites for hydroxylation is 1. The van der Waals surface area contributed by atoms with E-state index in [1.165, 1.54) is 0 Å². The summed E-state index contributed by atoms with van der Waals surface area (Å²) in [4.78, 5) is 0. The predicted octanol–water partition coefficient (Wildman–Crippen LogP) is 0.320. The number of nitrogens with zero attached hydrogens (tertiary/aromatic N) is 1. The molecule has 0 saturated carbocycles. The van der Waals surface area contributed by atoms with E-state index in [4.69, 9.17) is 11.5 Å². The van der Waals surface area contributed by atoms with Gasteiger partial charge < -0.3 is 11.5 Å².